The third kappa shape index (κ3) is 1.25. The van der Waals surface area contributed by atoms with Crippen LogP contribution >= 0.6 is 11.6 Å². The number of pyridine rings is 2. The number of aromatic nitrogens is 2. The van der Waals surface area contributed by atoms with Crippen LogP contribution in [-0.4, -0.2) is 9.97 Å². The van der Waals surface area contributed by atoms with Gasteiger partial charge in [-0.05, 0) is 6.07 Å². The van der Waals surface area contributed by atoms with Crippen LogP contribution in [0.1, 0.15) is 0 Å². The Morgan fingerprint density at radius 3 is 3.08 bits per heavy atom. The molecular weight excluding hydrogens is 190 g/mol. The summed E-state index contributed by atoms with van der Waals surface area (Å²) >= 11 is 5.66. The normalized spacial score (nSPS) is 10.5. The Labute approximate surface area is 78.4 Å². The van der Waals surface area contributed by atoms with Gasteiger partial charge in [0.25, 0.3) is 0 Å². The molecule has 13 heavy (non-hydrogen) atoms. The summed E-state index contributed by atoms with van der Waals surface area (Å²) in [5.41, 5.74) is 5.99. The Morgan fingerprint density at radius 1 is 1.54 bits per heavy atom. The van der Waals surface area contributed by atoms with Gasteiger partial charge in [0.15, 0.2) is 5.43 Å². The van der Waals surface area contributed by atoms with E-state index in [0.29, 0.717) is 10.9 Å². The minimum absolute atomic E-state index is 0.157. The summed E-state index contributed by atoms with van der Waals surface area (Å²) in [6, 6.07) is 2.96. The molecule has 66 valence electrons. The van der Waals surface area contributed by atoms with Crippen molar-refractivity contribution in [2.45, 2.75) is 0 Å². The van der Waals surface area contributed by atoms with E-state index in [0.717, 1.165) is 0 Å². The Bertz CT molecular complexity index is 520. The molecule has 0 bridgehead atoms. The highest BCUT2D eigenvalue weighted by Crippen LogP contribution is 2.16. The van der Waals surface area contributed by atoms with E-state index >= 15 is 0 Å². The van der Waals surface area contributed by atoms with Gasteiger partial charge in [0.1, 0.15) is 11.0 Å². The maximum Gasteiger partial charge on any atom is 0.193 e. The van der Waals surface area contributed by atoms with E-state index in [-0.39, 0.29) is 16.4 Å². The number of nitrogens with one attached hydrogen (secondary N) is 1. The van der Waals surface area contributed by atoms with Crippen molar-refractivity contribution in [3.63, 3.8) is 0 Å². The van der Waals surface area contributed by atoms with Gasteiger partial charge in [0.2, 0.25) is 0 Å². The number of nitrogen functional groups attached to an aromatic ring is 1. The number of fused-ring (bicyclic) bond motifs is 1. The Morgan fingerprint density at radius 2 is 2.31 bits per heavy atom. The second-order valence-corrected chi connectivity index (χ2v) is 2.98. The van der Waals surface area contributed by atoms with Gasteiger partial charge in [0, 0.05) is 12.3 Å². The van der Waals surface area contributed by atoms with Crippen LogP contribution in [0.15, 0.2) is 23.1 Å². The van der Waals surface area contributed by atoms with E-state index in [1.54, 1.807) is 12.3 Å². The van der Waals surface area contributed by atoms with Gasteiger partial charge in [-0.25, -0.2) is 4.98 Å². The summed E-state index contributed by atoms with van der Waals surface area (Å²) in [6.07, 6.45) is 1.54. The van der Waals surface area contributed by atoms with Gasteiger partial charge < -0.3 is 10.7 Å². The van der Waals surface area contributed by atoms with Crippen LogP contribution in [0.4, 0.5) is 5.82 Å². The number of H-pyrrole nitrogens is 1. The van der Waals surface area contributed by atoms with Crippen LogP contribution in [0.2, 0.25) is 5.15 Å². The summed E-state index contributed by atoms with van der Waals surface area (Å²) in [7, 11) is 0. The SMILES string of the molecule is Nc1nc(Cl)cc2[nH]ccc(=O)c12. The maximum atomic E-state index is 11.3. The molecule has 2 heterocycles. The standard InChI is InChI=1S/C8H6ClN3O/c9-6-3-4-7(8(10)12-6)5(13)1-2-11-4/h1-3H,(H2,10,12)(H,11,13). The fourth-order valence-corrected chi connectivity index (χ4v) is 1.40. The van der Waals surface area contributed by atoms with Crippen molar-refractivity contribution in [3.05, 3.63) is 33.7 Å². The average Bonchev–Trinajstić information content (AvgIpc) is 2.02. The Kier molecular flexibility index (Phi) is 1.70. The van der Waals surface area contributed by atoms with Crippen molar-refractivity contribution in [1.82, 2.24) is 9.97 Å². The average molecular weight is 196 g/mol. The maximum absolute atomic E-state index is 11.3. The van der Waals surface area contributed by atoms with Crippen molar-refractivity contribution in [3.8, 4) is 0 Å². The minimum atomic E-state index is -0.157. The largest absolute Gasteiger partial charge is 0.383 e. The number of anilines is 1. The van der Waals surface area contributed by atoms with E-state index in [4.69, 9.17) is 17.3 Å². The second kappa shape index (κ2) is 2.74. The molecule has 0 atom stereocenters. The lowest BCUT2D eigenvalue weighted by molar-refractivity contribution is 1.32. The number of rotatable bonds is 0. The zero-order valence-electron chi connectivity index (χ0n) is 6.54. The number of hydrogen-bond acceptors (Lipinski definition) is 3. The quantitative estimate of drug-likeness (QED) is 0.620. The van der Waals surface area contributed by atoms with Crippen LogP contribution in [0.3, 0.4) is 0 Å². The molecule has 0 radical (unpaired) electrons. The van der Waals surface area contributed by atoms with E-state index < -0.39 is 0 Å². The first-order valence-electron chi connectivity index (χ1n) is 3.62. The summed E-state index contributed by atoms with van der Waals surface area (Å²) in [4.78, 5) is 18.0. The van der Waals surface area contributed by atoms with Crippen LogP contribution < -0.4 is 11.2 Å². The molecule has 0 saturated heterocycles. The highest BCUT2D eigenvalue weighted by atomic mass is 35.5. The second-order valence-electron chi connectivity index (χ2n) is 2.59. The van der Waals surface area contributed by atoms with Gasteiger partial charge in [-0.2, -0.15) is 0 Å². The number of nitrogens with two attached hydrogens (primary N) is 1. The zero-order chi connectivity index (χ0) is 9.42. The molecule has 2 rings (SSSR count). The van der Waals surface area contributed by atoms with Gasteiger partial charge in [-0.3, -0.25) is 4.79 Å². The van der Waals surface area contributed by atoms with Crippen molar-refractivity contribution in [2.24, 2.45) is 0 Å². The van der Waals surface area contributed by atoms with E-state index in [9.17, 15) is 4.79 Å². The van der Waals surface area contributed by atoms with Gasteiger partial charge in [0.05, 0.1) is 10.9 Å². The zero-order valence-corrected chi connectivity index (χ0v) is 7.30. The Balaban J connectivity index is 3.03. The predicted molar refractivity (Wildman–Crippen MR) is 51.8 cm³/mol. The number of hydrogen-bond donors (Lipinski definition) is 2. The summed E-state index contributed by atoms with van der Waals surface area (Å²) < 4.78 is 0. The number of aromatic amines is 1. The molecule has 0 aromatic carbocycles. The first-order valence-corrected chi connectivity index (χ1v) is 3.99. The molecule has 0 saturated carbocycles. The lowest BCUT2D eigenvalue weighted by Gasteiger charge is -2.00. The van der Waals surface area contributed by atoms with Gasteiger partial charge >= 0.3 is 0 Å². The molecule has 0 aliphatic rings. The molecule has 0 unspecified atom stereocenters. The first kappa shape index (κ1) is 8.07. The van der Waals surface area contributed by atoms with Crippen molar-refractivity contribution >= 4 is 28.3 Å². The van der Waals surface area contributed by atoms with E-state index in [1.165, 1.54) is 6.07 Å². The van der Waals surface area contributed by atoms with Gasteiger partial charge in [-0.1, -0.05) is 11.6 Å². The summed E-state index contributed by atoms with van der Waals surface area (Å²) in [6.45, 7) is 0. The molecule has 0 amide bonds. The monoisotopic (exact) mass is 195 g/mol. The molecule has 2 aromatic rings. The molecule has 2 aromatic heterocycles. The minimum Gasteiger partial charge on any atom is -0.383 e. The van der Waals surface area contributed by atoms with Gasteiger partial charge in [-0.15, -0.1) is 0 Å². The topological polar surface area (TPSA) is 71.8 Å². The number of nitrogens with zero attached hydrogens (tertiary/aromatic N) is 1. The smallest absolute Gasteiger partial charge is 0.193 e. The summed E-state index contributed by atoms with van der Waals surface area (Å²) in [5, 5.41) is 0.652. The van der Waals surface area contributed by atoms with Crippen molar-refractivity contribution < 1.29 is 0 Å². The molecule has 0 aliphatic carbocycles. The predicted octanol–water partition coefficient (Wildman–Crippen LogP) is 1.16. The number of halogens is 1. The fourth-order valence-electron chi connectivity index (χ4n) is 1.20. The van der Waals surface area contributed by atoms with Crippen LogP contribution in [0, 0.1) is 0 Å². The molecular formula is C8H6ClN3O. The molecule has 0 spiro atoms. The van der Waals surface area contributed by atoms with Crippen LogP contribution in [0.25, 0.3) is 10.9 Å². The molecule has 0 aliphatic heterocycles. The third-order valence-electron chi connectivity index (χ3n) is 1.74. The van der Waals surface area contributed by atoms with Crippen molar-refractivity contribution in [2.75, 3.05) is 5.73 Å². The van der Waals surface area contributed by atoms with E-state index in [2.05, 4.69) is 9.97 Å². The summed E-state index contributed by atoms with van der Waals surface area (Å²) in [5.74, 6) is 0.157. The highest BCUT2D eigenvalue weighted by Gasteiger charge is 2.04. The highest BCUT2D eigenvalue weighted by molar-refractivity contribution is 6.30. The van der Waals surface area contributed by atoms with E-state index in [1.807, 2.05) is 0 Å². The first-order chi connectivity index (χ1) is 6.18. The third-order valence-corrected chi connectivity index (χ3v) is 1.93. The molecule has 3 N–H and O–H groups in total. The van der Waals surface area contributed by atoms with Crippen LogP contribution in [0.5, 0.6) is 0 Å². The molecule has 5 heteroatoms. The molecule has 4 nitrogen and oxygen atoms in total. The Hall–Kier alpha value is -1.55. The fraction of sp³-hybridized carbons (Fsp3) is 0. The molecule has 0 fully saturated rings. The van der Waals surface area contributed by atoms with Crippen molar-refractivity contribution in [1.29, 1.82) is 0 Å². The lowest BCUT2D eigenvalue weighted by atomic mass is 10.2. The lowest BCUT2D eigenvalue weighted by Crippen LogP contribution is -2.05. The van der Waals surface area contributed by atoms with Crippen LogP contribution in [-0.2, 0) is 0 Å².